The number of anilines is 1. The molecule has 33 heavy (non-hydrogen) atoms. The minimum absolute atomic E-state index is 0.0151. The first-order chi connectivity index (χ1) is 15.9. The van der Waals surface area contributed by atoms with E-state index in [0.717, 1.165) is 0 Å². The van der Waals surface area contributed by atoms with Crippen LogP contribution < -0.4 is 14.4 Å². The number of morpholine rings is 1. The molecule has 0 spiro atoms. The lowest BCUT2D eigenvalue weighted by atomic mass is 10.2. The highest BCUT2D eigenvalue weighted by Crippen LogP contribution is 2.39. The molecule has 0 bridgehead atoms. The molecule has 2 aromatic carbocycles. The van der Waals surface area contributed by atoms with Gasteiger partial charge in [0.25, 0.3) is 5.69 Å². The van der Waals surface area contributed by atoms with E-state index in [1.807, 2.05) is 0 Å². The Morgan fingerprint density at radius 3 is 2.45 bits per heavy atom. The largest absolute Gasteiger partial charge is 0.486 e. The van der Waals surface area contributed by atoms with Crippen LogP contribution in [0, 0.1) is 10.1 Å². The van der Waals surface area contributed by atoms with Gasteiger partial charge in [-0.1, -0.05) is 12.1 Å². The number of benzene rings is 2. The monoisotopic (exact) mass is 473 g/mol. The van der Waals surface area contributed by atoms with Gasteiger partial charge >= 0.3 is 0 Å². The number of fused-ring (bicyclic) bond motifs is 1. The Balaban J connectivity index is 1.65. The van der Waals surface area contributed by atoms with Gasteiger partial charge in [0.1, 0.15) is 18.8 Å². The first-order valence-corrected chi connectivity index (χ1v) is 11.7. The van der Waals surface area contributed by atoms with Gasteiger partial charge in [-0.25, -0.2) is 8.42 Å². The van der Waals surface area contributed by atoms with Crippen molar-refractivity contribution in [2.45, 2.75) is 9.92 Å². The van der Waals surface area contributed by atoms with Crippen molar-refractivity contribution in [3.05, 3.63) is 52.6 Å². The van der Waals surface area contributed by atoms with Crippen LogP contribution in [0.4, 0.5) is 11.6 Å². The molecule has 3 heterocycles. The van der Waals surface area contributed by atoms with Crippen molar-refractivity contribution in [2.75, 3.05) is 44.4 Å². The summed E-state index contributed by atoms with van der Waals surface area (Å²) in [6.07, 6.45) is 0. The topological polar surface area (TPSA) is 134 Å². The molecule has 0 amide bonds. The van der Waals surface area contributed by atoms with Gasteiger partial charge in [0.05, 0.1) is 23.0 Å². The summed E-state index contributed by atoms with van der Waals surface area (Å²) in [5.74, 6) is 0.633. The van der Waals surface area contributed by atoms with E-state index < -0.39 is 14.8 Å². The molecular weight excluding hydrogens is 454 g/mol. The molecule has 3 aromatic rings. The zero-order valence-corrected chi connectivity index (χ0v) is 18.1. The van der Waals surface area contributed by atoms with Gasteiger partial charge in [-0.05, 0) is 18.2 Å². The highest BCUT2D eigenvalue weighted by molar-refractivity contribution is 7.91. The molecule has 0 atom stereocenters. The summed E-state index contributed by atoms with van der Waals surface area (Å²) in [6, 6.07) is 10.2. The SMILES string of the molecule is O=[N+]([O-])c1ccccc1-c1nc(S(=O)(=O)c2ccc3c(c2)OCCO3)c(N2CCOCC2)o1. The van der Waals surface area contributed by atoms with Crippen LogP contribution in [0.1, 0.15) is 0 Å². The number of sulfone groups is 1. The second-order valence-corrected chi connectivity index (χ2v) is 9.18. The van der Waals surface area contributed by atoms with Crippen molar-refractivity contribution in [2.24, 2.45) is 0 Å². The standard InChI is InChI=1S/C21H19N3O8S/c25-24(26)16-4-2-1-3-15(16)19-22-20(21(32-19)23-7-9-29-10-8-23)33(27,28)14-5-6-17-18(13-14)31-12-11-30-17/h1-6,13H,7-12H2. The van der Waals surface area contributed by atoms with Gasteiger partial charge in [-0.3, -0.25) is 10.1 Å². The maximum absolute atomic E-state index is 13.6. The Morgan fingerprint density at radius 1 is 0.970 bits per heavy atom. The molecule has 0 saturated carbocycles. The van der Waals surface area contributed by atoms with Crippen molar-refractivity contribution in [3.63, 3.8) is 0 Å². The summed E-state index contributed by atoms with van der Waals surface area (Å²) in [7, 11) is -4.17. The van der Waals surface area contributed by atoms with Gasteiger partial charge in [0, 0.05) is 25.2 Å². The normalized spacial score (nSPS) is 15.9. The van der Waals surface area contributed by atoms with E-state index in [4.69, 9.17) is 18.6 Å². The zero-order chi connectivity index (χ0) is 23.0. The Hall–Kier alpha value is -3.64. The third-order valence-corrected chi connectivity index (χ3v) is 6.94. The fourth-order valence-electron chi connectivity index (χ4n) is 3.67. The summed E-state index contributed by atoms with van der Waals surface area (Å²) < 4.78 is 49.5. The summed E-state index contributed by atoms with van der Waals surface area (Å²) in [5, 5.41) is 11.2. The maximum atomic E-state index is 13.6. The minimum Gasteiger partial charge on any atom is -0.486 e. The van der Waals surface area contributed by atoms with E-state index in [9.17, 15) is 18.5 Å². The van der Waals surface area contributed by atoms with Crippen molar-refractivity contribution >= 4 is 21.4 Å². The predicted octanol–water partition coefficient (Wildman–Crippen LogP) is 2.69. The van der Waals surface area contributed by atoms with E-state index in [1.165, 1.54) is 36.4 Å². The minimum atomic E-state index is -4.17. The number of nitro benzene ring substituents is 1. The van der Waals surface area contributed by atoms with E-state index >= 15 is 0 Å². The number of aromatic nitrogens is 1. The lowest BCUT2D eigenvalue weighted by Gasteiger charge is -2.26. The number of hydrogen-bond acceptors (Lipinski definition) is 10. The highest BCUT2D eigenvalue weighted by Gasteiger charge is 2.34. The van der Waals surface area contributed by atoms with Crippen molar-refractivity contribution in [1.29, 1.82) is 0 Å². The lowest BCUT2D eigenvalue weighted by Crippen LogP contribution is -2.36. The third-order valence-electron chi connectivity index (χ3n) is 5.29. The number of nitrogens with zero attached hydrogens (tertiary/aromatic N) is 3. The lowest BCUT2D eigenvalue weighted by molar-refractivity contribution is -0.384. The van der Waals surface area contributed by atoms with Crippen LogP contribution in [0.15, 0.2) is 56.8 Å². The summed E-state index contributed by atoms with van der Waals surface area (Å²) in [6.45, 7) is 2.21. The molecule has 0 N–H and O–H groups in total. The molecule has 12 heteroatoms. The van der Waals surface area contributed by atoms with Crippen LogP contribution in [0.25, 0.3) is 11.5 Å². The van der Waals surface area contributed by atoms with Crippen LogP contribution in [0.3, 0.4) is 0 Å². The van der Waals surface area contributed by atoms with Crippen molar-refractivity contribution in [1.82, 2.24) is 4.98 Å². The molecule has 11 nitrogen and oxygen atoms in total. The zero-order valence-electron chi connectivity index (χ0n) is 17.3. The van der Waals surface area contributed by atoms with Gasteiger partial charge in [-0.15, -0.1) is 0 Å². The molecule has 1 fully saturated rings. The van der Waals surface area contributed by atoms with Crippen LogP contribution in [-0.4, -0.2) is 57.8 Å². The average molecular weight is 473 g/mol. The van der Waals surface area contributed by atoms with Gasteiger partial charge in [-0.2, -0.15) is 4.98 Å². The third kappa shape index (κ3) is 3.87. The number of nitro groups is 1. The quantitative estimate of drug-likeness (QED) is 0.402. The number of rotatable bonds is 5. The first kappa shape index (κ1) is 21.2. The molecular formula is C21H19N3O8S. The van der Waals surface area contributed by atoms with Gasteiger partial charge in [0.15, 0.2) is 11.5 Å². The average Bonchev–Trinajstić information content (AvgIpc) is 3.31. The second-order valence-electron chi connectivity index (χ2n) is 7.31. The van der Waals surface area contributed by atoms with Gasteiger partial charge in [0.2, 0.25) is 26.6 Å². The van der Waals surface area contributed by atoms with Crippen molar-refractivity contribution < 1.29 is 32.0 Å². The number of hydrogen-bond donors (Lipinski definition) is 0. The maximum Gasteiger partial charge on any atom is 0.282 e. The van der Waals surface area contributed by atoms with E-state index in [1.54, 1.807) is 11.0 Å². The Morgan fingerprint density at radius 2 is 1.70 bits per heavy atom. The molecule has 2 aliphatic rings. The molecule has 1 aromatic heterocycles. The van der Waals surface area contributed by atoms with E-state index in [-0.39, 0.29) is 32.9 Å². The molecule has 5 rings (SSSR count). The number of oxazole rings is 1. The summed E-state index contributed by atoms with van der Waals surface area (Å²) in [5.41, 5.74) is -0.156. The molecule has 0 aliphatic carbocycles. The Kier molecular flexibility index (Phi) is 5.38. The Bertz CT molecular complexity index is 1310. The van der Waals surface area contributed by atoms with Crippen LogP contribution in [0.2, 0.25) is 0 Å². The Labute approximate surface area is 188 Å². The fourth-order valence-corrected chi connectivity index (χ4v) is 5.01. The molecule has 2 aliphatic heterocycles. The molecule has 0 unspecified atom stereocenters. The molecule has 0 radical (unpaired) electrons. The van der Waals surface area contributed by atoms with Crippen LogP contribution >= 0.6 is 0 Å². The van der Waals surface area contributed by atoms with E-state index in [2.05, 4.69) is 4.98 Å². The van der Waals surface area contributed by atoms with E-state index in [0.29, 0.717) is 51.0 Å². The molecule has 1 saturated heterocycles. The number of para-hydroxylation sites is 1. The molecule has 172 valence electrons. The second kappa shape index (κ2) is 8.37. The predicted molar refractivity (Wildman–Crippen MR) is 115 cm³/mol. The van der Waals surface area contributed by atoms with Crippen molar-refractivity contribution in [3.8, 4) is 23.0 Å². The summed E-state index contributed by atoms with van der Waals surface area (Å²) >= 11 is 0. The van der Waals surface area contributed by atoms with Crippen LogP contribution in [-0.2, 0) is 14.6 Å². The van der Waals surface area contributed by atoms with Crippen LogP contribution in [0.5, 0.6) is 11.5 Å². The smallest absolute Gasteiger partial charge is 0.282 e. The number of ether oxygens (including phenoxy) is 3. The van der Waals surface area contributed by atoms with Gasteiger partial charge < -0.3 is 23.5 Å². The highest BCUT2D eigenvalue weighted by atomic mass is 32.2. The summed E-state index contributed by atoms with van der Waals surface area (Å²) in [4.78, 5) is 16.8. The fraction of sp³-hybridized carbons (Fsp3) is 0.286. The first-order valence-electron chi connectivity index (χ1n) is 10.2.